The molecule has 0 aliphatic carbocycles. The van der Waals surface area contributed by atoms with Crippen LogP contribution in [0.15, 0.2) is 18.2 Å². The largest absolute Gasteiger partial charge is 0.331 e. The van der Waals surface area contributed by atoms with Gasteiger partial charge < -0.3 is 10.3 Å². The fourth-order valence-corrected chi connectivity index (χ4v) is 2.34. The summed E-state index contributed by atoms with van der Waals surface area (Å²) < 4.78 is 2.17. The molecule has 0 radical (unpaired) electrons. The van der Waals surface area contributed by atoms with E-state index in [1.165, 1.54) is 11.1 Å². The lowest BCUT2D eigenvalue weighted by Crippen LogP contribution is -2.21. The van der Waals surface area contributed by atoms with Gasteiger partial charge in [0.05, 0.1) is 11.0 Å². The topological polar surface area (TPSA) is 43.8 Å². The van der Waals surface area contributed by atoms with Crippen molar-refractivity contribution in [2.75, 3.05) is 6.54 Å². The van der Waals surface area contributed by atoms with Crippen molar-refractivity contribution in [3.63, 3.8) is 0 Å². The molecule has 92 valence electrons. The van der Waals surface area contributed by atoms with Crippen molar-refractivity contribution in [3.05, 3.63) is 29.6 Å². The third kappa shape index (κ3) is 2.07. The number of aromatic nitrogens is 2. The lowest BCUT2D eigenvalue weighted by atomic mass is 9.95. The minimum Gasteiger partial charge on any atom is -0.331 e. The standard InChI is InChI=1S/C14H21N3/c1-9(2)11(8-15)14-16-12-7-10(3)5-6-13(12)17(14)4/h5-7,9,11H,8,15H2,1-4H3. The highest BCUT2D eigenvalue weighted by molar-refractivity contribution is 5.76. The Hall–Kier alpha value is -1.35. The quantitative estimate of drug-likeness (QED) is 0.882. The first-order valence-electron chi connectivity index (χ1n) is 6.17. The molecule has 1 unspecified atom stereocenters. The molecule has 0 spiro atoms. The average Bonchev–Trinajstić information content (AvgIpc) is 2.56. The van der Waals surface area contributed by atoms with Crippen LogP contribution in [-0.2, 0) is 7.05 Å². The first-order valence-corrected chi connectivity index (χ1v) is 6.17. The molecule has 0 saturated heterocycles. The smallest absolute Gasteiger partial charge is 0.114 e. The number of rotatable bonds is 3. The predicted octanol–water partition coefficient (Wildman–Crippen LogP) is 2.58. The van der Waals surface area contributed by atoms with Crippen LogP contribution < -0.4 is 5.73 Å². The van der Waals surface area contributed by atoms with E-state index in [9.17, 15) is 0 Å². The fraction of sp³-hybridized carbons (Fsp3) is 0.500. The molecular formula is C14H21N3. The Balaban J connectivity index is 2.58. The Labute approximate surface area is 103 Å². The van der Waals surface area contributed by atoms with Gasteiger partial charge in [-0.25, -0.2) is 4.98 Å². The number of imidazole rings is 1. The molecule has 2 rings (SSSR count). The number of hydrogen-bond acceptors (Lipinski definition) is 2. The minimum atomic E-state index is 0.327. The third-order valence-corrected chi connectivity index (χ3v) is 3.46. The van der Waals surface area contributed by atoms with E-state index in [0.29, 0.717) is 18.4 Å². The van der Waals surface area contributed by atoms with E-state index in [2.05, 4.69) is 50.6 Å². The van der Waals surface area contributed by atoms with E-state index in [0.717, 1.165) is 11.3 Å². The normalized spacial score (nSPS) is 13.5. The van der Waals surface area contributed by atoms with Crippen LogP contribution in [0.4, 0.5) is 0 Å². The van der Waals surface area contributed by atoms with Crippen LogP contribution >= 0.6 is 0 Å². The van der Waals surface area contributed by atoms with Gasteiger partial charge in [-0.1, -0.05) is 19.9 Å². The highest BCUT2D eigenvalue weighted by Gasteiger charge is 2.20. The number of fused-ring (bicyclic) bond motifs is 1. The maximum absolute atomic E-state index is 5.87. The number of nitrogens with zero attached hydrogens (tertiary/aromatic N) is 2. The van der Waals surface area contributed by atoms with Gasteiger partial charge in [0.25, 0.3) is 0 Å². The van der Waals surface area contributed by atoms with Crippen molar-refractivity contribution in [1.29, 1.82) is 0 Å². The second-order valence-electron chi connectivity index (χ2n) is 5.11. The number of nitrogens with two attached hydrogens (primary N) is 1. The zero-order valence-corrected chi connectivity index (χ0v) is 11.1. The molecule has 0 bridgehead atoms. The lowest BCUT2D eigenvalue weighted by Gasteiger charge is -2.18. The molecule has 0 amide bonds. The summed E-state index contributed by atoms with van der Waals surface area (Å²) in [6, 6.07) is 6.39. The van der Waals surface area contributed by atoms with E-state index in [1.54, 1.807) is 0 Å². The molecule has 17 heavy (non-hydrogen) atoms. The highest BCUT2D eigenvalue weighted by Crippen LogP contribution is 2.26. The lowest BCUT2D eigenvalue weighted by molar-refractivity contribution is 0.474. The fourth-order valence-electron chi connectivity index (χ4n) is 2.34. The van der Waals surface area contributed by atoms with Crippen molar-refractivity contribution >= 4 is 11.0 Å². The van der Waals surface area contributed by atoms with Gasteiger partial charge in [0.15, 0.2) is 0 Å². The van der Waals surface area contributed by atoms with Crippen molar-refractivity contribution in [2.45, 2.75) is 26.7 Å². The van der Waals surface area contributed by atoms with Crippen molar-refractivity contribution in [3.8, 4) is 0 Å². The van der Waals surface area contributed by atoms with Gasteiger partial charge in [0, 0.05) is 19.5 Å². The number of hydrogen-bond donors (Lipinski definition) is 1. The van der Waals surface area contributed by atoms with Crippen molar-refractivity contribution < 1.29 is 0 Å². The van der Waals surface area contributed by atoms with Crippen molar-refractivity contribution in [2.24, 2.45) is 18.7 Å². The van der Waals surface area contributed by atoms with Gasteiger partial charge in [-0.05, 0) is 30.5 Å². The second-order valence-corrected chi connectivity index (χ2v) is 5.11. The summed E-state index contributed by atoms with van der Waals surface area (Å²) in [5.41, 5.74) is 9.38. The van der Waals surface area contributed by atoms with Gasteiger partial charge >= 0.3 is 0 Å². The van der Waals surface area contributed by atoms with Gasteiger partial charge in [0.1, 0.15) is 5.82 Å². The molecule has 1 aromatic carbocycles. The Morgan fingerprint density at radius 3 is 2.65 bits per heavy atom. The first kappa shape index (κ1) is 12.1. The SMILES string of the molecule is Cc1ccc2c(c1)nc(C(CN)C(C)C)n2C. The number of aryl methyl sites for hydroxylation is 2. The Morgan fingerprint density at radius 1 is 1.35 bits per heavy atom. The number of benzene rings is 1. The van der Waals surface area contributed by atoms with Gasteiger partial charge in [0.2, 0.25) is 0 Å². The molecule has 2 aromatic rings. The maximum atomic E-state index is 5.87. The molecule has 3 nitrogen and oxygen atoms in total. The third-order valence-electron chi connectivity index (χ3n) is 3.46. The molecule has 0 aliphatic rings. The summed E-state index contributed by atoms with van der Waals surface area (Å²) in [4.78, 5) is 4.75. The van der Waals surface area contributed by atoms with E-state index >= 15 is 0 Å². The molecule has 2 N–H and O–H groups in total. The molecule has 3 heteroatoms. The molecule has 0 aliphatic heterocycles. The Kier molecular flexibility index (Phi) is 3.20. The molecule has 1 heterocycles. The van der Waals surface area contributed by atoms with Crippen LogP contribution in [0.2, 0.25) is 0 Å². The zero-order valence-electron chi connectivity index (χ0n) is 11.1. The van der Waals surface area contributed by atoms with Crippen LogP contribution in [-0.4, -0.2) is 16.1 Å². The highest BCUT2D eigenvalue weighted by atomic mass is 15.1. The van der Waals surface area contributed by atoms with Crippen LogP contribution in [0, 0.1) is 12.8 Å². The monoisotopic (exact) mass is 231 g/mol. The van der Waals surface area contributed by atoms with E-state index < -0.39 is 0 Å². The van der Waals surface area contributed by atoms with Crippen LogP contribution in [0.1, 0.15) is 31.2 Å². The van der Waals surface area contributed by atoms with Crippen LogP contribution in [0.25, 0.3) is 11.0 Å². The molecule has 1 aromatic heterocycles. The van der Waals surface area contributed by atoms with E-state index in [-0.39, 0.29) is 0 Å². The Morgan fingerprint density at radius 2 is 2.06 bits per heavy atom. The zero-order chi connectivity index (χ0) is 12.6. The van der Waals surface area contributed by atoms with Gasteiger partial charge in [-0.2, -0.15) is 0 Å². The molecule has 0 saturated carbocycles. The summed E-state index contributed by atoms with van der Waals surface area (Å²) >= 11 is 0. The van der Waals surface area contributed by atoms with Gasteiger partial charge in [-0.15, -0.1) is 0 Å². The average molecular weight is 231 g/mol. The van der Waals surface area contributed by atoms with Crippen molar-refractivity contribution in [1.82, 2.24) is 9.55 Å². The van der Waals surface area contributed by atoms with E-state index in [1.807, 2.05) is 0 Å². The van der Waals surface area contributed by atoms with E-state index in [4.69, 9.17) is 10.7 Å². The van der Waals surface area contributed by atoms with Crippen LogP contribution in [0.5, 0.6) is 0 Å². The second kappa shape index (κ2) is 4.49. The van der Waals surface area contributed by atoms with Gasteiger partial charge in [-0.3, -0.25) is 0 Å². The summed E-state index contributed by atoms with van der Waals surface area (Å²) in [6.07, 6.45) is 0. The predicted molar refractivity (Wildman–Crippen MR) is 72.1 cm³/mol. The van der Waals surface area contributed by atoms with Crippen LogP contribution in [0.3, 0.4) is 0 Å². The Bertz CT molecular complexity index is 525. The summed E-state index contributed by atoms with van der Waals surface area (Å²) in [5, 5.41) is 0. The summed E-state index contributed by atoms with van der Waals surface area (Å²) in [5.74, 6) is 1.94. The first-order chi connectivity index (χ1) is 8.04. The molecule has 0 fully saturated rings. The summed E-state index contributed by atoms with van der Waals surface area (Å²) in [6.45, 7) is 7.13. The molecular weight excluding hydrogens is 210 g/mol. The summed E-state index contributed by atoms with van der Waals surface area (Å²) in [7, 11) is 2.07. The minimum absolute atomic E-state index is 0.327. The maximum Gasteiger partial charge on any atom is 0.114 e. The molecule has 1 atom stereocenters.